The van der Waals surface area contributed by atoms with Gasteiger partial charge in [0.15, 0.2) is 0 Å². The van der Waals surface area contributed by atoms with Crippen LogP contribution in [0.5, 0.6) is 0 Å². The molecule has 5 N–H and O–H groups in total. The molecule has 0 saturated carbocycles. The Kier molecular flexibility index (Phi) is 15.9. The van der Waals surface area contributed by atoms with Gasteiger partial charge in [0, 0.05) is 19.6 Å². The lowest BCUT2D eigenvalue weighted by Gasteiger charge is -2.13. The summed E-state index contributed by atoms with van der Waals surface area (Å²) in [6, 6.07) is -0.860. The number of carbonyl (C=O) groups excluding carboxylic acids is 1. The van der Waals surface area contributed by atoms with Crippen LogP contribution in [0.3, 0.4) is 0 Å². The molecule has 1 atom stereocenters. The predicted octanol–water partition coefficient (Wildman–Crippen LogP) is 2.42. The molecule has 1 amide bonds. The summed E-state index contributed by atoms with van der Waals surface area (Å²) >= 11 is 0. The summed E-state index contributed by atoms with van der Waals surface area (Å²) in [7, 11) is 0. The topological polar surface area (TPSA) is 104 Å². The first kappa shape index (κ1) is 22.9. The van der Waals surface area contributed by atoms with E-state index in [0.717, 1.165) is 12.8 Å². The van der Waals surface area contributed by atoms with Crippen LogP contribution in [0.25, 0.3) is 0 Å². The molecule has 0 radical (unpaired) electrons. The van der Waals surface area contributed by atoms with Crippen LogP contribution in [-0.4, -0.2) is 42.7 Å². The lowest BCUT2D eigenvalue weighted by atomic mass is 10.1. The summed E-state index contributed by atoms with van der Waals surface area (Å²) in [5.41, 5.74) is 5.33. The molecule has 0 aromatic rings. The van der Waals surface area contributed by atoms with Crippen molar-refractivity contribution in [2.24, 2.45) is 5.73 Å². The van der Waals surface area contributed by atoms with Gasteiger partial charge in [-0.3, -0.25) is 9.59 Å². The number of rotatable bonds is 17. The van der Waals surface area contributed by atoms with Gasteiger partial charge in [-0.2, -0.15) is 0 Å². The van der Waals surface area contributed by atoms with Crippen LogP contribution in [0.15, 0.2) is 0 Å². The molecular weight excluding hydrogens is 306 g/mol. The third-order valence-electron chi connectivity index (χ3n) is 4.08. The molecule has 0 heterocycles. The van der Waals surface area contributed by atoms with Crippen LogP contribution in [0.2, 0.25) is 0 Å². The Morgan fingerprint density at radius 2 is 1.46 bits per heavy atom. The minimum atomic E-state index is -1.02. The molecule has 0 aromatic carbocycles. The number of aliphatic carboxylic acids is 1. The number of carboxylic acid groups (broad SMARTS) is 1. The zero-order valence-electron chi connectivity index (χ0n) is 15.3. The number of unbranched alkanes of at least 4 members (excludes halogenated alkanes) is 9. The third-order valence-corrected chi connectivity index (χ3v) is 4.08. The van der Waals surface area contributed by atoms with Crippen molar-refractivity contribution in [1.29, 1.82) is 0 Å². The first-order valence-corrected chi connectivity index (χ1v) is 9.54. The van der Waals surface area contributed by atoms with Crippen LogP contribution in [-0.2, 0) is 9.59 Å². The number of carboxylic acids is 1. The SMILES string of the molecule is CCCCCCCCCCCCNC(=O)CC(NCCN)C(=O)O. The van der Waals surface area contributed by atoms with Crippen LogP contribution < -0.4 is 16.4 Å². The number of nitrogens with two attached hydrogens (primary N) is 1. The second kappa shape index (κ2) is 16.7. The van der Waals surface area contributed by atoms with Crippen LogP contribution >= 0.6 is 0 Å². The number of amides is 1. The maximum atomic E-state index is 11.7. The Hall–Kier alpha value is -1.14. The van der Waals surface area contributed by atoms with Crippen molar-refractivity contribution in [2.75, 3.05) is 19.6 Å². The zero-order chi connectivity index (χ0) is 18.0. The fourth-order valence-corrected chi connectivity index (χ4v) is 2.60. The normalized spacial score (nSPS) is 12.1. The van der Waals surface area contributed by atoms with Crippen LogP contribution in [0.1, 0.15) is 77.6 Å². The van der Waals surface area contributed by atoms with E-state index in [4.69, 9.17) is 10.8 Å². The summed E-state index contributed by atoms with van der Waals surface area (Å²) in [5, 5.41) is 14.6. The number of hydrogen-bond acceptors (Lipinski definition) is 4. The van der Waals surface area contributed by atoms with Gasteiger partial charge in [-0.25, -0.2) is 0 Å². The average Bonchev–Trinajstić information content (AvgIpc) is 2.56. The lowest BCUT2D eigenvalue weighted by molar-refractivity contribution is -0.141. The van der Waals surface area contributed by atoms with Crippen LogP contribution in [0.4, 0.5) is 0 Å². The van der Waals surface area contributed by atoms with Gasteiger partial charge in [-0.15, -0.1) is 0 Å². The Balaban J connectivity index is 3.49. The highest BCUT2D eigenvalue weighted by Gasteiger charge is 2.19. The minimum absolute atomic E-state index is 0.0485. The molecule has 0 saturated heterocycles. The van der Waals surface area contributed by atoms with Gasteiger partial charge in [0.25, 0.3) is 0 Å². The van der Waals surface area contributed by atoms with Gasteiger partial charge in [0.1, 0.15) is 6.04 Å². The van der Waals surface area contributed by atoms with Crippen molar-refractivity contribution >= 4 is 11.9 Å². The molecule has 0 aliphatic heterocycles. The van der Waals surface area contributed by atoms with E-state index in [1.165, 1.54) is 51.4 Å². The van der Waals surface area contributed by atoms with Gasteiger partial charge < -0.3 is 21.5 Å². The smallest absolute Gasteiger partial charge is 0.321 e. The number of hydrogen-bond donors (Lipinski definition) is 4. The quantitative estimate of drug-likeness (QED) is 0.304. The van der Waals surface area contributed by atoms with Crippen molar-refractivity contribution in [3.8, 4) is 0 Å². The Labute approximate surface area is 147 Å². The highest BCUT2D eigenvalue weighted by atomic mass is 16.4. The van der Waals surface area contributed by atoms with Gasteiger partial charge in [0.2, 0.25) is 5.91 Å². The molecule has 0 aromatic heterocycles. The predicted molar refractivity (Wildman–Crippen MR) is 98.0 cm³/mol. The summed E-state index contributed by atoms with van der Waals surface area (Å²) in [6.07, 6.45) is 12.5. The molecule has 24 heavy (non-hydrogen) atoms. The molecule has 6 heteroatoms. The average molecular weight is 344 g/mol. The van der Waals surface area contributed by atoms with Crippen LogP contribution in [0, 0.1) is 0 Å². The van der Waals surface area contributed by atoms with Crippen molar-refractivity contribution < 1.29 is 14.7 Å². The number of carbonyl (C=O) groups is 2. The van der Waals surface area contributed by atoms with Gasteiger partial charge >= 0.3 is 5.97 Å². The van der Waals surface area contributed by atoms with E-state index in [2.05, 4.69) is 17.6 Å². The maximum absolute atomic E-state index is 11.7. The standard InChI is InChI=1S/C18H37N3O3/c1-2-3-4-5-6-7-8-9-10-11-13-21-17(22)15-16(18(23)24)20-14-12-19/h16,20H,2-15,19H2,1H3,(H,21,22)(H,23,24). The second-order valence-corrected chi connectivity index (χ2v) is 6.37. The summed E-state index contributed by atoms with van der Waals surface area (Å²) in [6.45, 7) is 3.60. The summed E-state index contributed by atoms with van der Waals surface area (Å²) < 4.78 is 0. The van der Waals surface area contributed by atoms with Gasteiger partial charge in [0.05, 0.1) is 6.42 Å². The maximum Gasteiger partial charge on any atom is 0.321 e. The molecule has 0 aliphatic carbocycles. The molecule has 0 aliphatic rings. The van der Waals surface area contributed by atoms with E-state index in [-0.39, 0.29) is 12.3 Å². The molecule has 6 nitrogen and oxygen atoms in total. The minimum Gasteiger partial charge on any atom is -0.480 e. The Morgan fingerprint density at radius 3 is 1.96 bits per heavy atom. The fourth-order valence-electron chi connectivity index (χ4n) is 2.60. The largest absolute Gasteiger partial charge is 0.480 e. The number of nitrogens with one attached hydrogen (secondary N) is 2. The first-order valence-electron chi connectivity index (χ1n) is 9.54. The van der Waals surface area contributed by atoms with E-state index < -0.39 is 12.0 Å². The zero-order valence-corrected chi connectivity index (χ0v) is 15.3. The van der Waals surface area contributed by atoms with E-state index in [0.29, 0.717) is 19.6 Å². The van der Waals surface area contributed by atoms with Gasteiger partial charge in [-0.05, 0) is 6.42 Å². The molecule has 1 unspecified atom stereocenters. The highest BCUT2D eigenvalue weighted by Crippen LogP contribution is 2.10. The molecule has 0 fully saturated rings. The molecular formula is C18H37N3O3. The first-order chi connectivity index (χ1) is 11.6. The molecule has 142 valence electrons. The molecule has 0 spiro atoms. The summed E-state index contributed by atoms with van der Waals surface area (Å²) in [5.74, 6) is -1.24. The fraction of sp³-hybridized carbons (Fsp3) is 0.889. The van der Waals surface area contributed by atoms with E-state index in [9.17, 15) is 9.59 Å². The van der Waals surface area contributed by atoms with Crippen molar-refractivity contribution in [3.63, 3.8) is 0 Å². The van der Waals surface area contributed by atoms with Crippen molar-refractivity contribution in [2.45, 2.75) is 83.6 Å². The molecule has 0 bridgehead atoms. The monoisotopic (exact) mass is 343 g/mol. The lowest BCUT2D eigenvalue weighted by Crippen LogP contribution is -2.43. The Bertz CT molecular complexity index is 325. The molecule has 0 rings (SSSR count). The van der Waals surface area contributed by atoms with E-state index >= 15 is 0 Å². The third kappa shape index (κ3) is 14.5. The van der Waals surface area contributed by atoms with E-state index in [1.54, 1.807) is 0 Å². The second-order valence-electron chi connectivity index (χ2n) is 6.37. The van der Waals surface area contributed by atoms with Gasteiger partial charge in [-0.1, -0.05) is 64.7 Å². The highest BCUT2D eigenvalue weighted by molar-refractivity contribution is 5.84. The summed E-state index contributed by atoms with van der Waals surface area (Å²) in [4.78, 5) is 22.8. The van der Waals surface area contributed by atoms with Crippen molar-refractivity contribution in [3.05, 3.63) is 0 Å². The van der Waals surface area contributed by atoms with E-state index in [1.807, 2.05) is 0 Å². The Morgan fingerprint density at radius 1 is 0.917 bits per heavy atom. The van der Waals surface area contributed by atoms with Crippen molar-refractivity contribution in [1.82, 2.24) is 10.6 Å².